The quantitative estimate of drug-likeness (QED) is 0.315. The summed E-state index contributed by atoms with van der Waals surface area (Å²) in [6.45, 7) is 0. The Hall–Kier alpha value is -3.03. The summed E-state index contributed by atoms with van der Waals surface area (Å²) in [6, 6.07) is 24.9. The molecule has 0 saturated heterocycles. The van der Waals surface area contributed by atoms with Crippen LogP contribution in [0.5, 0.6) is 0 Å². The summed E-state index contributed by atoms with van der Waals surface area (Å²) >= 11 is 1.46. The van der Waals surface area contributed by atoms with E-state index >= 15 is 0 Å². The number of methoxy groups -OCH3 is 1. The van der Waals surface area contributed by atoms with Gasteiger partial charge in [0.2, 0.25) is 0 Å². The highest BCUT2D eigenvalue weighted by Crippen LogP contribution is 2.34. The van der Waals surface area contributed by atoms with E-state index in [4.69, 9.17) is 4.74 Å². The van der Waals surface area contributed by atoms with Gasteiger partial charge in [-0.25, -0.2) is 17.2 Å². The minimum atomic E-state index is -3.93. The van der Waals surface area contributed by atoms with E-state index in [1.807, 2.05) is 30.3 Å². The number of hydrogen-bond donors (Lipinski definition) is 0. The molecule has 0 aliphatic heterocycles. The Morgan fingerprint density at radius 1 is 0.900 bits per heavy atom. The maximum atomic E-state index is 13.6. The summed E-state index contributed by atoms with van der Waals surface area (Å²) in [6.07, 6.45) is 0. The Bertz CT molecular complexity index is 1300. The molecule has 0 spiro atoms. The van der Waals surface area contributed by atoms with E-state index in [2.05, 4.69) is 0 Å². The zero-order valence-electron chi connectivity index (χ0n) is 16.2. The third kappa shape index (κ3) is 3.62. The third-order valence-electron chi connectivity index (χ3n) is 4.72. The molecule has 0 bridgehead atoms. The molecule has 0 aliphatic rings. The first-order valence-corrected chi connectivity index (χ1v) is 11.7. The molecular formula is C23H19NO4S2. The van der Waals surface area contributed by atoms with Crippen molar-refractivity contribution in [3.8, 4) is 0 Å². The number of carbonyl (C=O) groups is 1. The van der Waals surface area contributed by atoms with Crippen molar-refractivity contribution in [3.05, 3.63) is 96.2 Å². The highest BCUT2D eigenvalue weighted by molar-refractivity contribution is 7.98. The highest BCUT2D eigenvalue weighted by atomic mass is 32.2. The average molecular weight is 438 g/mol. The van der Waals surface area contributed by atoms with Gasteiger partial charge in [0, 0.05) is 16.0 Å². The Kier molecular flexibility index (Phi) is 5.65. The molecule has 3 aromatic carbocycles. The molecule has 4 rings (SSSR count). The fraction of sp³-hybridized carbons (Fsp3) is 0.0870. The lowest BCUT2D eigenvalue weighted by Crippen LogP contribution is -2.17. The van der Waals surface area contributed by atoms with Crippen LogP contribution in [-0.4, -0.2) is 25.5 Å². The van der Waals surface area contributed by atoms with Crippen LogP contribution >= 0.6 is 11.8 Å². The lowest BCUT2D eigenvalue weighted by Gasteiger charge is -2.13. The van der Waals surface area contributed by atoms with Crippen molar-refractivity contribution in [1.29, 1.82) is 0 Å². The second kappa shape index (κ2) is 8.38. The van der Waals surface area contributed by atoms with Gasteiger partial charge in [0.25, 0.3) is 10.0 Å². The van der Waals surface area contributed by atoms with E-state index in [1.165, 1.54) is 22.8 Å². The Balaban J connectivity index is 1.97. The Labute approximate surface area is 179 Å². The zero-order valence-corrected chi connectivity index (χ0v) is 17.8. The van der Waals surface area contributed by atoms with E-state index in [-0.39, 0.29) is 16.2 Å². The number of thioether (sulfide) groups is 1. The Morgan fingerprint density at radius 3 is 2.17 bits per heavy atom. The van der Waals surface area contributed by atoms with Crippen molar-refractivity contribution in [2.75, 3.05) is 7.11 Å². The minimum Gasteiger partial charge on any atom is -0.465 e. The molecule has 0 unspecified atom stereocenters. The fourth-order valence-electron chi connectivity index (χ4n) is 3.37. The second-order valence-corrected chi connectivity index (χ2v) is 9.35. The minimum absolute atomic E-state index is 0.160. The lowest BCUT2D eigenvalue weighted by atomic mass is 10.1. The van der Waals surface area contributed by atoms with Crippen LogP contribution in [0.1, 0.15) is 16.1 Å². The van der Waals surface area contributed by atoms with E-state index in [0.29, 0.717) is 16.6 Å². The first kappa shape index (κ1) is 20.3. The summed E-state index contributed by atoms with van der Waals surface area (Å²) in [5.41, 5.74) is 1.11. The number of hydrogen-bond acceptors (Lipinski definition) is 5. The first-order valence-electron chi connectivity index (χ1n) is 9.23. The predicted molar refractivity (Wildman–Crippen MR) is 118 cm³/mol. The van der Waals surface area contributed by atoms with Crippen LogP contribution in [0.4, 0.5) is 0 Å². The number of para-hydroxylation sites is 1. The number of esters is 1. The first-order chi connectivity index (χ1) is 14.5. The van der Waals surface area contributed by atoms with Gasteiger partial charge in [0.1, 0.15) is 0 Å². The molecule has 0 radical (unpaired) electrons. The number of ether oxygens (including phenoxy) is 1. The van der Waals surface area contributed by atoms with Crippen LogP contribution in [-0.2, 0) is 20.5 Å². The monoisotopic (exact) mass is 437 g/mol. The standard InChI is InChI=1S/C23H19NO4S2/c1-28-23(25)22-19-14-8-9-15-20(19)24(30(26,27)18-12-6-3-7-13-18)21(22)16-29-17-10-4-2-5-11-17/h2-15H,16H2,1H3. The second-order valence-electron chi connectivity index (χ2n) is 6.51. The number of aromatic nitrogens is 1. The number of nitrogens with zero attached hydrogens (tertiary/aromatic N) is 1. The van der Waals surface area contributed by atoms with Gasteiger partial charge in [0.05, 0.1) is 28.8 Å². The van der Waals surface area contributed by atoms with Crippen LogP contribution in [0.3, 0.4) is 0 Å². The van der Waals surface area contributed by atoms with Crippen LogP contribution in [0.15, 0.2) is 94.7 Å². The van der Waals surface area contributed by atoms with Crippen molar-refractivity contribution < 1.29 is 17.9 Å². The van der Waals surface area contributed by atoms with Crippen molar-refractivity contribution in [1.82, 2.24) is 3.97 Å². The van der Waals surface area contributed by atoms with E-state index in [1.54, 1.807) is 54.6 Å². The van der Waals surface area contributed by atoms with Gasteiger partial charge < -0.3 is 4.74 Å². The maximum absolute atomic E-state index is 13.6. The summed E-state index contributed by atoms with van der Waals surface area (Å²) in [4.78, 5) is 13.8. The van der Waals surface area contributed by atoms with Gasteiger partial charge in [0.15, 0.2) is 0 Å². The molecule has 0 N–H and O–H groups in total. The molecule has 0 saturated carbocycles. The van der Waals surface area contributed by atoms with E-state index in [0.717, 1.165) is 4.90 Å². The molecule has 0 atom stereocenters. The Morgan fingerprint density at radius 2 is 1.50 bits per heavy atom. The van der Waals surface area contributed by atoms with E-state index in [9.17, 15) is 13.2 Å². The predicted octanol–water partition coefficient (Wildman–Crippen LogP) is 4.96. The van der Waals surface area contributed by atoms with Crippen LogP contribution in [0, 0.1) is 0 Å². The van der Waals surface area contributed by atoms with Crippen LogP contribution in [0.25, 0.3) is 10.9 Å². The smallest absolute Gasteiger partial charge is 0.340 e. The lowest BCUT2D eigenvalue weighted by molar-refractivity contribution is 0.0602. The molecular weight excluding hydrogens is 418 g/mol. The van der Waals surface area contributed by atoms with Gasteiger partial charge in [-0.1, -0.05) is 54.6 Å². The van der Waals surface area contributed by atoms with Gasteiger partial charge in [-0.3, -0.25) is 0 Å². The van der Waals surface area contributed by atoms with Crippen LogP contribution < -0.4 is 0 Å². The van der Waals surface area contributed by atoms with Crippen molar-refractivity contribution >= 4 is 38.7 Å². The van der Waals surface area contributed by atoms with Crippen LogP contribution in [0.2, 0.25) is 0 Å². The molecule has 0 fully saturated rings. The summed E-state index contributed by atoms with van der Waals surface area (Å²) in [7, 11) is -2.63. The topological polar surface area (TPSA) is 65.4 Å². The maximum Gasteiger partial charge on any atom is 0.340 e. The van der Waals surface area contributed by atoms with E-state index < -0.39 is 16.0 Å². The number of benzene rings is 3. The molecule has 0 aliphatic carbocycles. The number of fused-ring (bicyclic) bond motifs is 1. The number of carbonyl (C=O) groups excluding carboxylic acids is 1. The zero-order chi connectivity index (χ0) is 21.1. The molecule has 4 aromatic rings. The number of rotatable bonds is 6. The third-order valence-corrected chi connectivity index (χ3v) is 7.50. The van der Waals surface area contributed by atoms with Crippen molar-refractivity contribution in [2.45, 2.75) is 15.5 Å². The summed E-state index contributed by atoms with van der Waals surface area (Å²) in [5.74, 6) is -0.272. The van der Waals surface area contributed by atoms with Gasteiger partial charge in [-0.05, 0) is 30.3 Å². The molecule has 30 heavy (non-hydrogen) atoms. The van der Waals surface area contributed by atoms with Gasteiger partial charge in [-0.15, -0.1) is 11.8 Å². The van der Waals surface area contributed by atoms with Gasteiger partial charge in [-0.2, -0.15) is 0 Å². The molecule has 152 valence electrons. The summed E-state index contributed by atoms with van der Waals surface area (Å²) < 4.78 is 33.5. The summed E-state index contributed by atoms with van der Waals surface area (Å²) in [5, 5.41) is 0.549. The van der Waals surface area contributed by atoms with Crippen molar-refractivity contribution in [3.63, 3.8) is 0 Å². The fourth-order valence-corrected chi connectivity index (χ4v) is 5.95. The molecule has 7 heteroatoms. The highest BCUT2D eigenvalue weighted by Gasteiger charge is 2.30. The average Bonchev–Trinajstić information content (AvgIpc) is 3.13. The molecule has 0 amide bonds. The normalized spacial score (nSPS) is 11.5. The van der Waals surface area contributed by atoms with Gasteiger partial charge >= 0.3 is 5.97 Å². The van der Waals surface area contributed by atoms with Crippen molar-refractivity contribution in [2.24, 2.45) is 0 Å². The molecule has 5 nitrogen and oxygen atoms in total. The SMILES string of the molecule is COC(=O)c1c(CSc2ccccc2)n(S(=O)(=O)c2ccccc2)c2ccccc12. The molecule has 1 aromatic heterocycles. The largest absolute Gasteiger partial charge is 0.465 e. The molecule has 1 heterocycles.